The van der Waals surface area contributed by atoms with E-state index in [4.69, 9.17) is 4.42 Å². The summed E-state index contributed by atoms with van der Waals surface area (Å²) in [6.07, 6.45) is 1.13. The molecule has 1 aliphatic carbocycles. The molecule has 6 heteroatoms. The number of nitrogens with zero attached hydrogens (tertiary/aromatic N) is 1. The van der Waals surface area contributed by atoms with Crippen LogP contribution in [-0.4, -0.2) is 15.1 Å². The van der Waals surface area contributed by atoms with Crippen LogP contribution >= 0.6 is 22.6 Å². The summed E-state index contributed by atoms with van der Waals surface area (Å²) in [5, 5.41) is 9.53. The van der Waals surface area contributed by atoms with Crippen molar-refractivity contribution in [1.29, 1.82) is 0 Å². The molecule has 2 aromatic rings. The number of rotatable bonds is 2. The summed E-state index contributed by atoms with van der Waals surface area (Å²) in [4.78, 5) is 18.0. The number of nitrogens with one attached hydrogen (secondary N) is 1. The summed E-state index contributed by atoms with van der Waals surface area (Å²) in [6.45, 7) is 2.17. The Labute approximate surface area is 116 Å². The van der Waals surface area contributed by atoms with Crippen LogP contribution in [0.1, 0.15) is 25.0 Å². The molecule has 1 saturated carbocycles. The highest BCUT2D eigenvalue weighted by atomic mass is 127. The van der Waals surface area contributed by atoms with Crippen LogP contribution in [0.4, 0.5) is 0 Å². The molecule has 2 unspecified atom stereocenters. The summed E-state index contributed by atoms with van der Waals surface area (Å²) in [6, 6.07) is 3.67. The second kappa shape index (κ2) is 4.11. The Kier molecular flexibility index (Phi) is 2.69. The molecule has 94 valence electrons. The van der Waals surface area contributed by atoms with Crippen LogP contribution in [0.25, 0.3) is 11.6 Å². The fraction of sp³-hybridized carbons (Fsp3) is 0.333. The standard InChI is InChI=1S/C12H11IN2O3/c1-5-4-6(5)7-2-3-8(18-7)10-14-11(16)9(13)12(17)15-10/h2-3,5-6H,4H2,1H3,(H2,14,15,16,17). The molecular weight excluding hydrogens is 347 g/mol. The number of furan rings is 1. The van der Waals surface area contributed by atoms with Gasteiger partial charge in [0.05, 0.1) is 0 Å². The third kappa shape index (κ3) is 1.94. The number of aromatic hydroxyl groups is 1. The van der Waals surface area contributed by atoms with Gasteiger partial charge in [-0.25, -0.2) is 0 Å². The quantitative estimate of drug-likeness (QED) is 0.809. The fourth-order valence-corrected chi connectivity index (χ4v) is 2.22. The molecule has 1 aliphatic rings. The van der Waals surface area contributed by atoms with Crippen LogP contribution < -0.4 is 5.56 Å². The Morgan fingerprint density at radius 3 is 2.89 bits per heavy atom. The van der Waals surface area contributed by atoms with E-state index in [1.54, 1.807) is 28.7 Å². The number of hydrogen-bond acceptors (Lipinski definition) is 4. The molecule has 0 bridgehead atoms. The van der Waals surface area contributed by atoms with Crippen molar-refractivity contribution in [3.8, 4) is 17.5 Å². The number of H-pyrrole nitrogens is 1. The molecule has 0 saturated heterocycles. The first-order valence-electron chi connectivity index (χ1n) is 5.65. The third-order valence-corrected chi connectivity index (χ3v) is 4.15. The minimum absolute atomic E-state index is 0.180. The van der Waals surface area contributed by atoms with Gasteiger partial charge in [-0.15, -0.1) is 0 Å². The number of aromatic nitrogens is 2. The third-order valence-electron chi connectivity index (χ3n) is 3.18. The zero-order valence-electron chi connectivity index (χ0n) is 9.61. The summed E-state index contributed by atoms with van der Waals surface area (Å²) < 4.78 is 5.85. The highest BCUT2D eigenvalue weighted by molar-refractivity contribution is 14.1. The van der Waals surface area contributed by atoms with E-state index in [1.165, 1.54) is 0 Å². The van der Waals surface area contributed by atoms with Gasteiger partial charge in [0, 0.05) is 5.92 Å². The maximum absolute atomic E-state index is 11.5. The van der Waals surface area contributed by atoms with Gasteiger partial charge in [-0.3, -0.25) is 4.79 Å². The zero-order valence-corrected chi connectivity index (χ0v) is 11.8. The minimum Gasteiger partial charge on any atom is -0.492 e. The molecule has 18 heavy (non-hydrogen) atoms. The molecule has 2 N–H and O–H groups in total. The lowest BCUT2D eigenvalue weighted by Crippen LogP contribution is -2.12. The van der Waals surface area contributed by atoms with E-state index in [-0.39, 0.29) is 20.8 Å². The van der Waals surface area contributed by atoms with Gasteiger partial charge in [-0.2, -0.15) is 4.98 Å². The zero-order chi connectivity index (χ0) is 12.9. The Morgan fingerprint density at radius 2 is 2.28 bits per heavy atom. The second-order valence-electron chi connectivity index (χ2n) is 4.57. The van der Waals surface area contributed by atoms with Crippen LogP contribution in [0.15, 0.2) is 21.3 Å². The molecule has 1 fully saturated rings. The average molecular weight is 358 g/mol. The summed E-state index contributed by atoms with van der Waals surface area (Å²) in [5.74, 6) is 2.51. The lowest BCUT2D eigenvalue weighted by molar-refractivity contribution is 0.445. The predicted molar refractivity (Wildman–Crippen MR) is 73.5 cm³/mol. The molecule has 0 aromatic carbocycles. The van der Waals surface area contributed by atoms with Crippen LogP contribution in [0.5, 0.6) is 5.88 Å². The van der Waals surface area contributed by atoms with Crippen molar-refractivity contribution >= 4 is 22.6 Å². The van der Waals surface area contributed by atoms with Gasteiger partial charge in [0.2, 0.25) is 5.88 Å². The van der Waals surface area contributed by atoms with E-state index in [0.29, 0.717) is 17.6 Å². The van der Waals surface area contributed by atoms with E-state index < -0.39 is 0 Å². The predicted octanol–water partition coefficient (Wildman–Crippen LogP) is 2.46. The largest absolute Gasteiger partial charge is 0.492 e. The maximum Gasteiger partial charge on any atom is 0.268 e. The number of hydrogen-bond donors (Lipinski definition) is 2. The molecule has 3 rings (SSSR count). The van der Waals surface area contributed by atoms with Gasteiger partial charge in [-0.1, -0.05) is 6.92 Å². The van der Waals surface area contributed by atoms with Crippen LogP contribution in [0.2, 0.25) is 0 Å². The monoisotopic (exact) mass is 358 g/mol. The van der Waals surface area contributed by atoms with Gasteiger partial charge in [0.1, 0.15) is 9.33 Å². The van der Waals surface area contributed by atoms with E-state index in [2.05, 4.69) is 16.9 Å². The highest BCUT2D eigenvalue weighted by Crippen LogP contribution is 2.47. The molecule has 0 radical (unpaired) electrons. The molecular formula is C12H11IN2O3. The first-order chi connectivity index (χ1) is 8.56. The molecule has 0 spiro atoms. The van der Waals surface area contributed by atoms with Gasteiger partial charge in [0.15, 0.2) is 11.6 Å². The molecule has 0 amide bonds. The Hall–Kier alpha value is -1.31. The van der Waals surface area contributed by atoms with Crippen molar-refractivity contribution in [1.82, 2.24) is 9.97 Å². The van der Waals surface area contributed by atoms with Crippen LogP contribution in [0, 0.1) is 9.49 Å². The van der Waals surface area contributed by atoms with Crippen molar-refractivity contribution < 1.29 is 9.52 Å². The molecule has 5 nitrogen and oxygen atoms in total. The van der Waals surface area contributed by atoms with Crippen molar-refractivity contribution in [2.75, 3.05) is 0 Å². The van der Waals surface area contributed by atoms with E-state index in [1.807, 2.05) is 6.07 Å². The Morgan fingerprint density at radius 1 is 1.56 bits per heavy atom. The number of halogens is 1. The first kappa shape index (κ1) is 11.8. The molecule has 0 aliphatic heterocycles. The topological polar surface area (TPSA) is 79.1 Å². The first-order valence-corrected chi connectivity index (χ1v) is 6.73. The molecule has 2 atom stereocenters. The van der Waals surface area contributed by atoms with Crippen molar-refractivity contribution in [3.05, 3.63) is 31.8 Å². The van der Waals surface area contributed by atoms with Gasteiger partial charge < -0.3 is 14.5 Å². The minimum atomic E-state index is -0.365. The van der Waals surface area contributed by atoms with Gasteiger partial charge >= 0.3 is 0 Å². The normalized spacial score (nSPS) is 22.1. The van der Waals surface area contributed by atoms with E-state index >= 15 is 0 Å². The van der Waals surface area contributed by atoms with Crippen molar-refractivity contribution in [2.24, 2.45) is 5.92 Å². The maximum atomic E-state index is 11.5. The Bertz CT molecular complexity index is 662. The van der Waals surface area contributed by atoms with Gasteiger partial charge in [0.25, 0.3) is 5.56 Å². The smallest absolute Gasteiger partial charge is 0.268 e. The van der Waals surface area contributed by atoms with Crippen molar-refractivity contribution in [2.45, 2.75) is 19.3 Å². The molecule has 2 heterocycles. The second-order valence-corrected chi connectivity index (χ2v) is 5.65. The summed E-state index contributed by atoms with van der Waals surface area (Å²) in [7, 11) is 0. The van der Waals surface area contributed by atoms with Crippen LogP contribution in [0.3, 0.4) is 0 Å². The van der Waals surface area contributed by atoms with Crippen molar-refractivity contribution in [3.63, 3.8) is 0 Å². The summed E-state index contributed by atoms with van der Waals surface area (Å²) in [5.41, 5.74) is -0.365. The fourth-order valence-electron chi connectivity index (χ4n) is 1.96. The molecule has 2 aromatic heterocycles. The highest BCUT2D eigenvalue weighted by Gasteiger charge is 2.36. The summed E-state index contributed by atoms with van der Waals surface area (Å²) >= 11 is 1.75. The Balaban J connectivity index is 2.00. The van der Waals surface area contributed by atoms with Gasteiger partial charge in [-0.05, 0) is 47.1 Å². The van der Waals surface area contributed by atoms with Crippen LogP contribution in [-0.2, 0) is 0 Å². The number of aromatic amines is 1. The van der Waals surface area contributed by atoms with E-state index in [9.17, 15) is 9.90 Å². The van der Waals surface area contributed by atoms with E-state index in [0.717, 1.165) is 12.2 Å². The lowest BCUT2D eigenvalue weighted by Gasteiger charge is -1.99. The lowest BCUT2D eigenvalue weighted by atomic mass is 10.3. The average Bonchev–Trinajstić information content (AvgIpc) is 2.89. The SMILES string of the molecule is CC1CC1c1ccc(-c2nc(O)c(I)c(=O)[nH]2)o1.